The Kier molecular flexibility index (Phi) is 6.85. The summed E-state index contributed by atoms with van der Waals surface area (Å²) < 4.78 is 13.9. The van der Waals surface area contributed by atoms with Crippen molar-refractivity contribution in [1.29, 1.82) is 0 Å². The van der Waals surface area contributed by atoms with E-state index in [1.807, 2.05) is 12.1 Å². The van der Waals surface area contributed by atoms with Crippen molar-refractivity contribution in [1.82, 2.24) is 10.2 Å². The first-order chi connectivity index (χ1) is 12.2. The zero-order chi connectivity index (χ0) is 17.5. The second-order valence-corrected chi connectivity index (χ2v) is 7.60. The number of nitrogens with one attached hydrogen (secondary N) is 1. The van der Waals surface area contributed by atoms with Crippen molar-refractivity contribution in [3.8, 4) is 0 Å². The molecule has 0 unspecified atom stereocenters. The van der Waals surface area contributed by atoms with Gasteiger partial charge in [-0.25, -0.2) is 4.39 Å². The Morgan fingerprint density at radius 1 is 1.12 bits per heavy atom. The molecule has 0 spiro atoms. The van der Waals surface area contributed by atoms with Crippen LogP contribution in [0.5, 0.6) is 0 Å². The van der Waals surface area contributed by atoms with Crippen molar-refractivity contribution in [2.24, 2.45) is 5.92 Å². The minimum Gasteiger partial charge on any atom is -0.339 e. The summed E-state index contributed by atoms with van der Waals surface area (Å²) in [4.78, 5) is 15.0. The van der Waals surface area contributed by atoms with E-state index in [-0.39, 0.29) is 11.7 Å². The van der Waals surface area contributed by atoms with Crippen molar-refractivity contribution in [3.05, 3.63) is 35.6 Å². The monoisotopic (exact) mass is 346 g/mol. The van der Waals surface area contributed by atoms with Gasteiger partial charge >= 0.3 is 0 Å². The summed E-state index contributed by atoms with van der Waals surface area (Å²) >= 11 is 0. The van der Waals surface area contributed by atoms with Crippen molar-refractivity contribution in [3.63, 3.8) is 0 Å². The SMILES string of the molecule is O=C(CCC1CCNCC1)N(CCc1ccccc1F)C1CCCC1. The molecule has 1 saturated carbocycles. The van der Waals surface area contributed by atoms with Crippen molar-refractivity contribution in [2.45, 2.75) is 63.8 Å². The normalized spacial score (nSPS) is 19.2. The summed E-state index contributed by atoms with van der Waals surface area (Å²) in [6.07, 6.45) is 9.28. The van der Waals surface area contributed by atoms with Gasteiger partial charge in [0.25, 0.3) is 0 Å². The maximum Gasteiger partial charge on any atom is 0.222 e. The van der Waals surface area contributed by atoms with Crippen LogP contribution in [0.15, 0.2) is 24.3 Å². The smallest absolute Gasteiger partial charge is 0.222 e. The van der Waals surface area contributed by atoms with Gasteiger partial charge in [0, 0.05) is 19.0 Å². The highest BCUT2D eigenvalue weighted by atomic mass is 19.1. The summed E-state index contributed by atoms with van der Waals surface area (Å²) in [7, 11) is 0. The van der Waals surface area contributed by atoms with Crippen LogP contribution in [-0.4, -0.2) is 36.5 Å². The van der Waals surface area contributed by atoms with Crippen molar-refractivity contribution in [2.75, 3.05) is 19.6 Å². The molecule has 1 saturated heterocycles. The first-order valence-electron chi connectivity index (χ1n) is 9.97. The van der Waals surface area contributed by atoms with Gasteiger partial charge in [-0.1, -0.05) is 31.0 Å². The number of carbonyl (C=O) groups is 1. The predicted molar refractivity (Wildman–Crippen MR) is 98.9 cm³/mol. The summed E-state index contributed by atoms with van der Waals surface area (Å²) in [5.41, 5.74) is 0.719. The van der Waals surface area contributed by atoms with E-state index in [9.17, 15) is 9.18 Å². The average Bonchev–Trinajstić information content (AvgIpc) is 3.17. The highest BCUT2D eigenvalue weighted by Gasteiger charge is 2.27. The van der Waals surface area contributed by atoms with Gasteiger partial charge in [0.1, 0.15) is 5.82 Å². The van der Waals surface area contributed by atoms with E-state index in [1.165, 1.54) is 31.7 Å². The van der Waals surface area contributed by atoms with Gasteiger partial charge in [0.05, 0.1) is 0 Å². The van der Waals surface area contributed by atoms with Gasteiger partial charge < -0.3 is 10.2 Å². The summed E-state index contributed by atoms with van der Waals surface area (Å²) in [5, 5.41) is 3.38. The quantitative estimate of drug-likeness (QED) is 0.811. The molecule has 138 valence electrons. The number of halogens is 1. The van der Waals surface area contributed by atoms with Crippen LogP contribution >= 0.6 is 0 Å². The van der Waals surface area contributed by atoms with Gasteiger partial charge in [-0.2, -0.15) is 0 Å². The van der Waals surface area contributed by atoms with E-state index >= 15 is 0 Å². The van der Waals surface area contributed by atoms with E-state index in [2.05, 4.69) is 10.2 Å². The number of rotatable bonds is 7. The van der Waals surface area contributed by atoms with Crippen LogP contribution < -0.4 is 5.32 Å². The number of piperidine rings is 1. The molecular formula is C21H31FN2O. The third kappa shape index (κ3) is 5.27. The van der Waals surface area contributed by atoms with Gasteiger partial charge in [-0.15, -0.1) is 0 Å². The number of nitrogens with zero attached hydrogens (tertiary/aromatic N) is 1. The molecule has 3 rings (SSSR count). The highest BCUT2D eigenvalue weighted by Crippen LogP contribution is 2.26. The Balaban J connectivity index is 1.56. The van der Waals surface area contributed by atoms with Gasteiger partial charge in [0.2, 0.25) is 5.91 Å². The van der Waals surface area contributed by atoms with Crippen LogP contribution in [0, 0.1) is 11.7 Å². The molecule has 0 aromatic heterocycles. The first-order valence-corrected chi connectivity index (χ1v) is 9.97. The van der Waals surface area contributed by atoms with E-state index in [4.69, 9.17) is 0 Å². The number of hydrogen-bond acceptors (Lipinski definition) is 2. The molecule has 1 aromatic carbocycles. The molecule has 1 aromatic rings. The lowest BCUT2D eigenvalue weighted by atomic mass is 9.93. The lowest BCUT2D eigenvalue weighted by Gasteiger charge is -2.30. The molecule has 0 radical (unpaired) electrons. The number of hydrogen-bond donors (Lipinski definition) is 1. The molecule has 4 heteroatoms. The third-order valence-electron chi connectivity index (χ3n) is 5.89. The second-order valence-electron chi connectivity index (χ2n) is 7.60. The van der Waals surface area contributed by atoms with E-state index in [0.717, 1.165) is 37.9 Å². The first kappa shape index (κ1) is 18.4. The number of benzene rings is 1. The largest absolute Gasteiger partial charge is 0.339 e. The zero-order valence-corrected chi connectivity index (χ0v) is 15.2. The summed E-state index contributed by atoms with van der Waals surface area (Å²) in [5.74, 6) is 0.806. The van der Waals surface area contributed by atoms with Crippen LogP contribution in [-0.2, 0) is 11.2 Å². The lowest BCUT2D eigenvalue weighted by molar-refractivity contribution is -0.133. The van der Waals surface area contributed by atoms with Gasteiger partial charge in [-0.05, 0) is 69.2 Å². The van der Waals surface area contributed by atoms with E-state index < -0.39 is 0 Å². The Labute approximate surface area is 151 Å². The standard InChI is InChI=1S/C21H31FN2O/c22-20-8-4-1-5-18(20)13-16-24(19-6-2-3-7-19)21(25)10-9-17-11-14-23-15-12-17/h1,4-5,8,17,19,23H,2-3,6-7,9-16H2. The van der Waals surface area contributed by atoms with Crippen LogP contribution in [0.1, 0.15) is 56.9 Å². The Bertz CT molecular complexity index is 551. The van der Waals surface area contributed by atoms with E-state index in [0.29, 0.717) is 31.3 Å². The molecule has 2 aliphatic rings. The molecule has 0 bridgehead atoms. The fraction of sp³-hybridized carbons (Fsp3) is 0.667. The highest BCUT2D eigenvalue weighted by molar-refractivity contribution is 5.76. The Morgan fingerprint density at radius 2 is 1.84 bits per heavy atom. The molecular weight excluding hydrogens is 315 g/mol. The Hall–Kier alpha value is -1.42. The molecule has 0 atom stereocenters. The topological polar surface area (TPSA) is 32.3 Å². The molecule has 1 aliphatic heterocycles. The maximum atomic E-state index is 13.9. The van der Waals surface area contributed by atoms with Crippen molar-refractivity contribution >= 4 is 5.91 Å². The number of carbonyl (C=O) groups excluding carboxylic acids is 1. The zero-order valence-electron chi connectivity index (χ0n) is 15.2. The molecule has 1 amide bonds. The van der Waals surface area contributed by atoms with Gasteiger partial charge in [0.15, 0.2) is 0 Å². The third-order valence-corrected chi connectivity index (χ3v) is 5.89. The minimum atomic E-state index is -0.156. The lowest BCUT2D eigenvalue weighted by Crippen LogP contribution is -2.40. The van der Waals surface area contributed by atoms with Crippen molar-refractivity contribution < 1.29 is 9.18 Å². The summed E-state index contributed by atoms with van der Waals surface area (Å²) in [6.45, 7) is 2.81. The number of amides is 1. The van der Waals surface area contributed by atoms with E-state index in [1.54, 1.807) is 6.07 Å². The maximum absolute atomic E-state index is 13.9. The Morgan fingerprint density at radius 3 is 2.56 bits per heavy atom. The predicted octanol–water partition coefficient (Wildman–Crippen LogP) is 3.92. The molecule has 3 nitrogen and oxygen atoms in total. The molecule has 1 aliphatic carbocycles. The minimum absolute atomic E-state index is 0.156. The summed E-state index contributed by atoms with van der Waals surface area (Å²) in [6, 6.07) is 7.30. The van der Waals surface area contributed by atoms with Crippen LogP contribution in [0.2, 0.25) is 0 Å². The molecule has 1 heterocycles. The van der Waals surface area contributed by atoms with Crippen LogP contribution in [0.3, 0.4) is 0 Å². The fourth-order valence-corrected chi connectivity index (χ4v) is 4.31. The van der Waals surface area contributed by atoms with Crippen LogP contribution in [0.4, 0.5) is 4.39 Å². The van der Waals surface area contributed by atoms with Crippen LogP contribution in [0.25, 0.3) is 0 Å². The average molecular weight is 346 g/mol. The molecule has 2 fully saturated rings. The molecule has 25 heavy (non-hydrogen) atoms. The second kappa shape index (κ2) is 9.33. The van der Waals surface area contributed by atoms with Gasteiger partial charge in [-0.3, -0.25) is 4.79 Å². The fourth-order valence-electron chi connectivity index (χ4n) is 4.31. The molecule has 1 N–H and O–H groups in total.